The summed E-state index contributed by atoms with van der Waals surface area (Å²) in [6.07, 6.45) is 3.56. The van der Waals surface area contributed by atoms with Crippen molar-refractivity contribution in [1.82, 2.24) is 18.9 Å². The van der Waals surface area contributed by atoms with Gasteiger partial charge in [-0.25, -0.2) is 4.79 Å². The summed E-state index contributed by atoms with van der Waals surface area (Å²) in [6.45, 7) is 6.78. The van der Waals surface area contributed by atoms with Crippen molar-refractivity contribution >= 4 is 17.5 Å². The number of benzene rings is 1. The second-order valence-corrected chi connectivity index (χ2v) is 8.24. The minimum atomic E-state index is -0.0589. The van der Waals surface area contributed by atoms with Crippen LogP contribution in [0.3, 0.4) is 0 Å². The van der Waals surface area contributed by atoms with E-state index < -0.39 is 0 Å². The number of likely N-dealkylation sites (tertiary alicyclic amines) is 1. The number of amides is 1. The van der Waals surface area contributed by atoms with Gasteiger partial charge in [-0.3, -0.25) is 18.8 Å². The average Bonchev–Trinajstić information content (AvgIpc) is 3.02. The molecule has 2 saturated heterocycles. The largest absolute Gasteiger partial charge is 0.378 e. The van der Waals surface area contributed by atoms with Gasteiger partial charge in [0, 0.05) is 49.0 Å². The van der Waals surface area contributed by atoms with Crippen LogP contribution in [0.2, 0.25) is 5.02 Å². The number of aromatic nitrogens is 2. The Hall–Kier alpha value is -2.09. The number of carbonyl (C=O) groups excluding carboxylic acids is 1. The molecule has 0 radical (unpaired) electrons. The summed E-state index contributed by atoms with van der Waals surface area (Å²) in [5.41, 5.74) is 1.64. The molecule has 29 heavy (non-hydrogen) atoms. The van der Waals surface area contributed by atoms with Crippen LogP contribution in [0.25, 0.3) is 5.69 Å². The maximum atomic E-state index is 12.9. The number of piperidine rings is 1. The van der Waals surface area contributed by atoms with Crippen LogP contribution in [-0.4, -0.2) is 64.2 Å². The van der Waals surface area contributed by atoms with E-state index in [0.29, 0.717) is 38.0 Å². The Balaban J connectivity index is 1.38. The van der Waals surface area contributed by atoms with E-state index >= 15 is 0 Å². The van der Waals surface area contributed by atoms with E-state index in [0.717, 1.165) is 37.3 Å². The van der Waals surface area contributed by atoms with E-state index in [1.165, 1.54) is 0 Å². The molecule has 3 heterocycles. The third-order valence-electron chi connectivity index (χ3n) is 5.83. The quantitative estimate of drug-likeness (QED) is 0.763. The third kappa shape index (κ3) is 4.42. The van der Waals surface area contributed by atoms with Gasteiger partial charge in [0.05, 0.1) is 25.6 Å². The van der Waals surface area contributed by atoms with Crippen LogP contribution in [0.15, 0.2) is 35.3 Å². The van der Waals surface area contributed by atoms with Gasteiger partial charge in [0.15, 0.2) is 0 Å². The summed E-state index contributed by atoms with van der Waals surface area (Å²) in [6, 6.07) is 7.28. The molecule has 0 spiro atoms. The molecule has 0 N–H and O–H groups in total. The molecule has 8 heteroatoms. The molecule has 1 aromatic heterocycles. The van der Waals surface area contributed by atoms with Crippen LogP contribution in [0.5, 0.6) is 0 Å². The van der Waals surface area contributed by atoms with Gasteiger partial charge in [0.25, 0.3) is 0 Å². The first-order chi connectivity index (χ1) is 14.0. The topological polar surface area (TPSA) is 59.7 Å². The second-order valence-electron chi connectivity index (χ2n) is 7.81. The molecular weight excluding hydrogens is 392 g/mol. The zero-order chi connectivity index (χ0) is 20.4. The number of morpholine rings is 1. The summed E-state index contributed by atoms with van der Waals surface area (Å²) in [5, 5.41) is 0.647. The van der Waals surface area contributed by atoms with E-state index in [4.69, 9.17) is 16.3 Å². The molecule has 0 saturated carbocycles. The minimum Gasteiger partial charge on any atom is -0.378 e. The lowest BCUT2D eigenvalue weighted by molar-refractivity contribution is -0.141. The van der Waals surface area contributed by atoms with Crippen molar-refractivity contribution in [3.63, 3.8) is 0 Å². The van der Waals surface area contributed by atoms with Crippen molar-refractivity contribution < 1.29 is 9.53 Å². The first-order valence-electron chi connectivity index (χ1n) is 10.2. The molecule has 2 aliphatic heterocycles. The highest BCUT2D eigenvalue weighted by atomic mass is 35.5. The highest BCUT2D eigenvalue weighted by Gasteiger charge is 2.29. The van der Waals surface area contributed by atoms with Crippen molar-refractivity contribution in [1.29, 1.82) is 0 Å². The number of imidazole rings is 1. The monoisotopic (exact) mass is 418 g/mol. The lowest BCUT2D eigenvalue weighted by atomic mass is 9.95. The maximum Gasteiger partial charge on any atom is 0.334 e. The van der Waals surface area contributed by atoms with E-state index in [1.54, 1.807) is 21.3 Å². The summed E-state index contributed by atoms with van der Waals surface area (Å²) >= 11 is 5.96. The predicted molar refractivity (Wildman–Crippen MR) is 111 cm³/mol. The summed E-state index contributed by atoms with van der Waals surface area (Å²) in [5.74, 6) is 0.344. The van der Waals surface area contributed by atoms with Crippen LogP contribution < -0.4 is 5.69 Å². The van der Waals surface area contributed by atoms with E-state index in [2.05, 4.69) is 4.90 Å². The molecule has 4 rings (SSSR count). The fraction of sp³-hybridized carbons (Fsp3) is 0.524. The molecule has 0 aliphatic carbocycles. The first kappa shape index (κ1) is 20.2. The summed E-state index contributed by atoms with van der Waals surface area (Å²) in [4.78, 5) is 29.8. The Morgan fingerprint density at radius 2 is 1.76 bits per heavy atom. The van der Waals surface area contributed by atoms with Crippen molar-refractivity contribution in [2.24, 2.45) is 5.92 Å². The fourth-order valence-electron chi connectivity index (χ4n) is 4.20. The Kier molecular flexibility index (Phi) is 6.08. The first-order valence-corrected chi connectivity index (χ1v) is 10.5. The number of hydrogen-bond donors (Lipinski definition) is 0. The van der Waals surface area contributed by atoms with Crippen LogP contribution in [0.1, 0.15) is 18.5 Å². The lowest BCUT2D eigenvalue weighted by Crippen LogP contribution is -2.47. The highest BCUT2D eigenvalue weighted by molar-refractivity contribution is 6.30. The van der Waals surface area contributed by atoms with Gasteiger partial charge in [-0.1, -0.05) is 11.6 Å². The average molecular weight is 419 g/mol. The molecule has 1 aromatic carbocycles. The van der Waals surface area contributed by atoms with Crippen molar-refractivity contribution in [3.8, 4) is 5.69 Å². The zero-order valence-corrected chi connectivity index (χ0v) is 17.5. The Bertz CT molecular complexity index is 907. The van der Waals surface area contributed by atoms with E-state index in [9.17, 15) is 9.59 Å². The predicted octanol–water partition coefficient (Wildman–Crippen LogP) is 2.13. The Morgan fingerprint density at radius 3 is 2.41 bits per heavy atom. The molecule has 156 valence electrons. The number of nitrogens with zero attached hydrogens (tertiary/aromatic N) is 4. The summed E-state index contributed by atoms with van der Waals surface area (Å²) < 4.78 is 8.78. The van der Waals surface area contributed by atoms with Gasteiger partial charge in [0.1, 0.15) is 0 Å². The van der Waals surface area contributed by atoms with Gasteiger partial charge < -0.3 is 9.64 Å². The van der Waals surface area contributed by atoms with Gasteiger partial charge in [0.2, 0.25) is 5.91 Å². The van der Waals surface area contributed by atoms with Crippen LogP contribution in [0, 0.1) is 12.8 Å². The van der Waals surface area contributed by atoms with Gasteiger partial charge in [-0.15, -0.1) is 0 Å². The van der Waals surface area contributed by atoms with Crippen LogP contribution >= 0.6 is 11.6 Å². The smallest absolute Gasteiger partial charge is 0.334 e. The van der Waals surface area contributed by atoms with E-state index in [-0.39, 0.29) is 17.5 Å². The van der Waals surface area contributed by atoms with Gasteiger partial charge >= 0.3 is 5.69 Å². The normalized spacial score (nSPS) is 18.9. The Labute approximate surface area is 175 Å². The zero-order valence-electron chi connectivity index (χ0n) is 16.7. The molecule has 0 unspecified atom stereocenters. The third-order valence-corrected chi connectivity index (χ3v) is 6.08. The van der Waals surface area contributed by atoms with Crippen molar-refractivity contribution in [2.75, 3.05) is 39.4 Å². The molecule has 7 nitrogen and oxygen atoms in total. The lowest BCUT2D eigenvalue weighted by Gasteiger charge is -2.35. The number of carbonyl (C=O) groups is 1. The second kappa shape index (κ2) is 8.73. The Morgan fingerprint density at radius 1 is 1.10 bits per heavy atom. The number of hydrogen-bond acceptors (Lipinski definition) is 4. The number of ether oxygens (including phenoxy) is 1. The van der Waals surface area contributed by atoms with Crippen molar-refractivity contribution in [2.45, 2.75) is 26.4 Å². The maximum absolute atomic E-state index is 12.9. The number of rotatable bonds is 4. The van der Waals surface area contributed by atoms with Crippen LogP contribution in [0.4, 0.5) is 0 Å². The van der Waals surface area contributed by atoms with Gasteiger partial charge in [-0.2, -0.15) is 0 Å². The molecular formula is C21H27ClN4O3. The molecule has 2 aliphatic rings. The van der Waals surface area contributed by atoms with Crippen LogP contribution in [-0.2, 0) is 16.2 Å². The number of halogens is 1. The summed E-state index contributed by atoms with van der Waals surface area (Å²) in [7, 11) is 0. The molecule has 0 bridgehead atoms. The van der Waals surface area contributed by atoms with E-state index in [1.807, 2.05) is 30.2 Å². The fourth-order valence-corrected chi connectivity index (χ4v) is 4.33. The SMILES string of the molecule is Cc1cn(CN2CCC(C(=O)N3CCOCC3)CC2)c(=O)n1-c1ccc(Cl)cc1. The highest BCUT2D eigenvalue weighted by Crippen LogP contribution is 2.21. The number of aryl methyl sites for hydroxylation is 1. The molecule has 0 atom stereocenters. The molecule has 2 aromatic rings. The molecule has 2 fully saturated rings. The molecule has 1 amide bonds. The minimum absolute atomic E-state index is 0.0589. The standard InChI is InChI=1S/C21H27ClN4O3/c1-16-14-25(21(28)26(16)19-4-2-18(22)3-5-19)15-23-8-6-17(7-9-23)20(27)24-10-12-29-13-11-24/h2-5,14,17H,6-13,15H2,1H3. The van der Waals surface area contributed by atoms with Gasteiger partial charge in [-0.05, 0) is 44.0 Å². The van der Waals surface area contributed by atoms with Crippen molar-refractivity contribution in [3.05, 3.63) is 51.7 Å².